The van der Waals surface area contributed by atoms with Crippen LogP contribution >= 0.6 is 0 Å². The summed E-state index contributed by atoms with van der Waals surface area (Å²) in [5.74, 6) is 0.750. The fourth-order valence-corrected chi connectivity index (χ4v) is 2.27. The summed E-state index contributed by atoms with van der Waals surface area (Å²) in [6.07, 6.45) is 6.43. The minimum atomic E-state index is -0.709. The second-order valence-corrected chi connectivity index (χ2v) is 5.54. The molecule has 2 atom stereocenters. The molecule has 0 amide bonds. The highest BCUT2D eigenvalue weighted by Gasteiger charge is 2.09. The van der Waals surface area contributed by atoms with Gasteiger partial charge in [0.1, 0.15) is 0 Å². The number of rotatable bonds is 7. The van der Waals surface area contributed by atoms with E-state index in [0.717, 1.165) is 25.3 Å². The third-order valence-corrected chi connectivity index (χ3v) is 3.41. The molecule has 4 nitrogen and oxygen atoms in total. The van der Waals surface area contributed by atoms with Gasteiger partial charge in [-0.2, -0.15) is 0 Å². The highest BCUT2D eigenvalue weighted by molar-refractivity contribution is 7.84. The Morgan fingerprint density at radius 1 is 1.62 bits per heavy atom. The molecule has 5 heteroatoms. The summed E-state index contributed by atoms with van der Waals surface area (Å²) >= 11 is 0. The quantitative estimate of drug-likeness (QED) is 0.786. The van der Waals surface area contributed by atoms with Crippen molar-refractivity contribution in [2.75, 3.05) is 18.6 Å². The molecule has 0 aliphatic heterocycles. The van der Waals surface area contributed by atoms with Gasteiger partial charge in [0, 0.05) is 41.6 Å². The van der Waals surface area contributed by atoms with Crippen LogP contribution < -0.4 is 5.32 Å². The molecule has 2 unspecified atom stereocenters. The Balaban J connectivity index is 2.56. The lowest BCUT2D eigenvalue weighted by molar-refractivity contribution is 0.503. The van der Waals surface area contributed by atoms with Crippen molar-refractivity contribution in [3.63, 3.8) is 0 Å². The van der Waals surface area contributed by atoms with Crippen molar-refractivity contribution in [2.24, 2.45) is 0 Å². The molecular formula is C11H21N3OS. The number of aromatic nitrogens is 2. The first-order valence-electron chi connectivity index (χ1n) is 5.66. The number of nitrogens with zero attached hydrogens (tertiary/aromatic N) is 2. The molecule has 1 heterocycles. The number of hydrogen-bond acceptors (Lipinski definition) is 3. The summed E-state index contributed by atoms with van der Waals surface area (Å²) in [6.45, 7) is 6.03. The standard InChI is InChI=1S/C11H21N3OS/c1-4-12-7-11-8-13-9-14(11)10(2)5-6-16(3)15/h8-10,12H,4-7H2,1-3H3. The molecule has 1 N–H and O–H groups in total. The first-order valence-corrected chi connectivity index (χ1v) is 7.39. The first-order chi connectivity index (χ1) is 7.65. The summed E-state index contributed by atoms with van der Waals surface area (Å²) in [6, 6.07) is 0.361. The lowest BCUT2D eigenvalue weighted by atomic mass is 10.2. The van der Waals surface area contributed by atoms with Crippen LogP contribution in [-0.2, 0) is 17.3 Å². The number of nitrogens with one attached hydrogen (secondary N) is 1. The van der Waals surface area contributed by atoms with E-state index in [-0.39, 0.29) is 0 Å². The summed E-state index contributed by atoms with van der Waals surface area (Å²) in [7, 11) is -0.709. The molecule has 0 aliphatic rings. The highest BCUT2D eigenvalue weighted by Crippen LogP contribution is 2.14. The Hall–Kier alpha value is -0.680. The van der Waals surface area contributed by atoms with Gasteiger partial charge in [-0.25, -0.2) is 4.98 Å². The van der Waals surface area contributed by atoms with Gasteiger partial charge < -0.3 is 9.88 Å². The third-order valence-electron chi connectivity index (χ3n) is 2.60. The van der Waals surface area contributed by atoms with Crippen LogP contribution in [0.25, 0.3) is 0 Å². The average Bonchev–Trinajstić information content (AvgIpc) is 2.71. The zero-order valence-corrected chi connectivity index (χ0v) is 11.1. The molecular weight excluding hydrogens is 222 g/mol. The van der Waals surface area contributed by atoms with E-state index in [9.17, 15) is 4.21 Å². The molecule has 0 saturated heterocycles. The fraction of sp³-hybridized carbons (Fsp3) is 0.727. The van der Waals surface area contributed by atoms with Crippen molar-refractivity contribution in [3.8, 4) is 0 Å². The van der Waals surface area contributed by atoms with Crippen molar-refractivity contribution in [1.29, 1.82) is 0 Å². The topological polar surface area (TPSA) is 46.9 Å². The second kappa shape index (κ2) is 6.81. The predicted molar refractivity (Wildman–Crippen MR) is 67.9 cm³/mol. The molecule has 0 fully saturated rings. The molecule has 0 saturated carbocycles. The normalized spacial score (nSPS) is 14.9. The number of hydrogen-bond donors (Lipinski definition) is 1. The van der Waals surface area contributed by atoms with Gasteiger partial charge in [0.2, 0.25) is 0 Å². The Morgan fingerprint density at radius 2 is 2.38 bits per heavy atom. The summed E-state index contributed by atoms with van der Waals surface area (Å²) < 4.78 is 13.2. The van der Waals surface area contributed by atoms with E-state index in [1.54, 1.807) is 6.26 Å². The molecule has 92 valence electrons. The smallest absolute Gasteiger partial charge is 0.0951 e. The van der Waals surface area contributed by atoms with E-state index in [2.05, 4.69) is 28.7 Å². The Labute approximate surface area is 99.9 Å². The van der Waals surface area contributed by atoms with Gasteiger partial charge >= 0.3 is 0 Å². The molecule has 0 aromatic carbocycles. The van der Waals surface area contributed by atoms with Gasteiger partial charge in [-0.1, -0.05) is 6.92 Å². The Kier molecular flexibility index (Phi) is 5.69. The van der Waals surface area contributed by atoms with E-state index in [1.807, 2.05) is 12.5 Å². The third kappa shape index (κ3) is 4.06. The minimum absolute atomic E-state index is 0.361. The van der Waals surface area contributed by atoms with Gasteiger partial charge in [-0.15, -0.1) is 0 Å². The molecule has 1 aromatic rings. The van der Waals surface area contributed by atoms with Crippen molar-refractivity contribution < 1.29 is 4.21 Å². The van der Waals surface area contributed by atoms with E-state index < -0.39 is 10.8 Å². The molecule has 16 heavy (non-hydrogen) atoms. The van der Waals surface area contributed by atoms with Crippen LogP contribution in [0.4, 0.5) is 0 Å². The van der Waals surface area contributed by atoms with E-state index in [0.29, 0.717) is 6.04 Å². The summed E-state index contributed by atoms with van der Waals surface area (Å²) in [4.78, 5) is 4.17. The van der Waals surface area contributed by atoms with Crippen LogP contribution in [0.15, 0.2) is 12.5 Å². The van der Waals surface area contributed by atoms with Crippen LogP contribution in [0.3, 0.4) is 0 Å². The molecule has 1 rings (SSSR count). The van der Waals surface area contributed by atoms with Crippen LogP contribution in [0, 0.1) is 0 Å². The zero-order valence-electron chi connectivity index (χ0n) is 10.3. The van der Waals surface area contributed by atoms with Gasteiger partial charge in [-0.05, 0) is 19.9 Å². The second-order valence-electron chi connectivity index (χ2n) is 3.99. The Bertz CT molecular complexity index is 338. The van der Waals surface area contributed by atoms with E-state index >= 15 is 0 Å². The van der Waals surface area contributed by atoms with Crippen molar-refractivity contribution in [1.82, 2.24) is 14.9 Å². The number of imidazole rings is 1. The molecule has 0 radical (unpaired) electrons. The van der Waals surface area contributed by atoms with E-state index in [4.69, 9.17) is 0 Å². The molecule has 0 bridgehead atoms. The van der Waals surface area contributed by atoms with Gasteiger partial charge in [-0.3, -0.25) is 4.21 Å². The van der Waals surface area contributed by atoms with Crippen LogP contribution in [-0.4, -0.2) is 32.3 Å². The van der Waals surface area contributed by atoms with Crippen LogP contribution in [0.5, 0.6) is 0 Å². The van der Waals surface area contributed by atoms with Crippen LogP contribution in [0.2, 0.25) is 0 Å². The predicted octanol–water partition coefficient (Wildman–Crippen LogP) is 1.32. The van der Waals surface area contributed by atoms with Gasteiger partial charge in [0.05, 0.1) is 12.0 Å². The largest absolute Gasteiger partial charge is 0.331 e. The maximum absolute atomic E-state index is 11.0. The zero-order chi connectivity index (χ0) is 12.0. The monoisotopic (exact) mass is 243 g/mol. The lowest BCUT2D eigenvalue weighted by Gasteiger charge is -2.16. The first kappa shape index (κ1) is 13.4. The summed E-state index contributed by atoms with van der Waals surface area (Å²) in [5.41, 5.74) is 1.19. The highest BCUT2D eigenvalue weighted by atomic mass is 32.2. The van der Waals surface area contributed by atoms with Crippen molar-refractivity contribution in [2.45, 2.75) is 32.9 Å². The molecule has 0 spiro atoms. The van der Waals surface area contributed by atoms with Gasteiger partial charge in [0.15, 0.2) is 0 Å². The fourth-order valence-electron chi connectivity index (χ4n) is 1.59. The minimum Gasteiger partial charge on any atom is -0.331 e. The molecule has 1 aromatic heterocycles. The maximum atomic E-state index is 11.0. The average molecular weight is 243 g/mol. The summed E-state index contributed by atoms with van der Waals surface area (Å²) in [5, 5.41) is 3.29. The maximum Gasteiger partial charge on any atom is 0.0951 e. The van der Waals surface area contributed by atoms with Gasteiger partial charge in [0.25, 0.3) is 0 Å². The van der Waals surface area contributed by atoms with Crippen molar-refractivity contribution in [3.05, 3.63) is 18.2 Å². The molecule has 0 aliphatic carbocycles. The Morgan fingerprint density at radius 3 is 3.00 bits per heavy atom. The van der Waals surface area contributed by atoms with E-state index in [1.165, 1.54) is 5.69 Å². The van der Waals surface area contributed by atoms with Crippen LogP contribution in [0.1, 0.15) is 32.0 Å². The van der Waals surface area contributed by atoms with Crippen molar-refractivity contribution >= 4 is 10.8 Å². The lowest BCUT2D eigenvalue weighted by Crippen LogP contribution is -2.17. The SMILES string of the molecule is CCNCc1cncn1C(C)CCS(C)=O.